The van der Waals surface area contributed by atoms with Gasteiger partial charge in [-0.25, -0.2) is 5.43 Å². The molecule has 0 aliphatic rings. The number of carbonyl (C=O) groups excluding carboxylic acids is 1. The van der Waals surface area contributed by atoms with Gasteiger partial charge >= 0.3 is 0 Å². The molecule has 0 fully saturated rings. The first kappa shape index (κ1) is 19.6. The third-order valence-electron chi connectivity index (χ3n) is 5.20. The minimum absolute atomic E-state index is 0.529. The van der Waals surface area contributed by atoms with Gasteiger partial charge in [0.1, 0.15) is 0 Å². The first-order valence-corrected chi connectivity index (χ1v) is 9.83. The number of carbonyl (C=O) groups is 1. The fraction of sp³-hybridized carbons (Fsp3) is 0.120. The van der Waals surface area contributed by atoms with Crippen molar-refractivity contribution in [2.24, 2.45) is 5.10 Å². The average molecular weight is 397 g/mol. The highest BCUT2D eigenvalue weighted by Crippen LogP contribution is 2.25. The van der Waals surface area contributed by atoms with E-state index in [-0.39, 0.29) is 0 Å². The Kier molecular flexibility index (Phi) is 5.72. The van der Waals surface area contributed by atoms with Crippen molar-refractivity contribution >= 4 is 23.0 Å². The van der Waals surface area contributed by atoms with Crippen LogP contribution in [-0.2, 0) is 11.3 Å². The largest absolute Gasteiger partial charge is 0.378 e. The number of nitrogens with one attached hydrogen (secondary N) is 1. The summed E-state index contributed by atoms with van der Waals surface area (Å²) in [6.45, 7) is 2.80. The molecule has 0 radical (unpaired) electrons. The van der Waals surface area contributed by atoms with Crippen LogP contribution in [0.2, 0.25) is 0 Å². The normalized spacial score (nSPS) is 12.3. The van der Waals surface area contributed by atoms with Crippen LogP contribution in [0.5, 0.6) is 0 Å². The molecule has 2 N–H and O–H groups in total. The van der Waals surface area contributed by atoms with Crippen LogP contribution in [-0.4, -0.2) is 21.8 Å². The Bertz CT molecular complexity index is 1180. The Balaban J connectivity index is 1.58. The van der Waals surface area contributed by atoms with E-state index in [9.17, 15) is 9.90 Å². The second-order valence-corrected chi connectivity index (χ2v) is 7.14. The lowest BCUT2D eigenvalue weighted by atomic mass is 10.1. The van der Waals surface area contributed by atoms with Crippen LogP contribution >= 0.6 is 0 Å². The predicted octanol–water partition coefficient (Wildman–Crippen LogP) is 4.18. The molecule has 0 saturated carbocycles. The lowest BCUT2D eigenvalue weighted by molar-refractivity contribution is -0.129. The number of amides is 1. The molecule has 4 aromatic rings. The Hall–Kier alpha value is -3.70. The summed E-state index contributed by atoms with van der Waals surface area (Å²) in [5.41, 5.74) is 7.30. The van der Waals surface area contributed by atoms with Gasteiger partial charge in [-0.3, -0.25) is 4.79 Å². The van der Waals surface area contributed by atoms with E-state index in [4.69, 9.17) is 0 Å². The quantitative estimate of drug-likeness (QED) is 0.379. The fourth-order valence-electron chi connectivity index (χ4n) is 3.60. The molecule has 5 nitrogen and oxygen atoms in total. The molecule has 0 unspecified atom stereocenters. The van der Waals surface area contributed by atoms with Gasteiger partial charge in [0.25, 0.3) is 5.91 Å². The summed E-state index contributed by atoms with van der Waals surface area (Å²) in [6.07, 6.45) is 0.387. The van der Waals surface area contributed by atoms with E-state index in [0.717, 1.165) is 28.7 Å². The molecular weight excluding hydrogens is 374 g/mol. The molecule has 30 heavy (non-hydrogen) atoms. The molecule has 150 valence electrons. The lowest BCUT2D eigenvalue weighted by Crippen LogP contribution is -2.25. The molecule has 3 aromatic carbocycles. The Morgan fingerprint density at radius 2 is 1.63 bits per heavy atom. The van der Waals surface area contributed by atoms with Crippen LogP contribution in [0.15, 0.2) is 90.0 Å². The Morgan fingerprint density at radius 3 is 2.37 bits per heavy atom. The number of aliphatic hydroxyl groups excluding tert-OH is 1. The summed E-state index contributed by atoms with van der Waals surface area (Å²) < 4.78 is 2.24. The van der Waals surface area contributed by atoms with Gasteiger partial charge in [0.2, 0.25) is 0 Å². The van der Waals surface area contributed by atoms with Gasteiger partial charge in [-0.05, 0) is 24.1 Å². The molecule has 0 aliphatic heterocycles. The number of aromatic nitrogens is 1. The van der Waals surface area contributed by atoms with Crippen molar-refractivity contribution in [3.05, 3.63) is 107 Å². The zero-order chi connectivity index (χ0) is 20.9. The van der Waals surface area contributed by atoms with E-state index in [1.807, 2.05) is 49.4 Å². The summed E-state index contributed by atoms with van der Waals surface area (Å²) in [4.78, 5) is 12.2. The number of benzene rings is 3. The van der Waals surface area contributed by atoms with Crippen molar-refractivity contribution in [3.8, 4) is 0 Å². The van der Waals surface area contributed by atoms with Crippen LogP contribution in [0.3, 0.4) is 0 Å². The van der Waals surface area contributed by atoms with E-state index in [1.54, 1.807) is 30.5 Å². The topological polar surface area (TPSA) is 66.6 Å². The van der Waals surface area contributed by atoms with Gasteiger partial charge in [-0.2, -0.15) is 5.10 Å². The third-order valence-corrected chi connectivity index (χ3v) is 5.20. The van der Waals surface area contributed by atoms with Crippen LogP contribution in [0.1, 0.15) is 28.5 Å². The Labute approximate surface area is 175 Å². The number of nitrogens with zero attached hydrogens (tertiary/aromatic N) is 2. The van der Waals surface area contributed by atoms with Gasteiger partial charge in [0, 0.05) is 28.7 Å². The number of hydrogen-bond acceptors (Lipinski definition) is 3. The highest BCUT2D eigenvalue weighted by atomic mass is 16.3. The monoisotopic (exact) mass is 397 g/mol. The number of hydrazone groups is 1. The molecule has 0 aliphatic carbocycles. The maximum absolute atomic E-state index is 12.2. The smallest absolute Gasteiger partial charge is 0.273 e. The van der Waals surface area contributed by atoms with Crippen molar-refractivity contribution < 1.29 is 9.90 Å². The minimum Gasteiger partial charge on any atom is -0.378 e. The van der Waals surface area contributed by atoms with Gasteiger partial charge < -0.3 is 9.67 Å². The summed E-state index contributed by atoms with van der Waals surface area (Å²) in [6, 6.07) is 27.2. The van der Waals surface area contributed by atoms with Gasteiger partial charge in [0.15, 0.2) is 6.10 Å². The van der Waals surface area contributed by atoms with E-state index in [2.05, 4.69) is 33.3 Å². The summed E-state index contributed by atoms with van der Waals surface area (Å²) >= 11 is 0. The van der Waals surface area contributed by atoms with E-state index in [0.29, 0.717) is 5.56 Å². The second-order valence-electron chi connectivity index (χ2n) is 7.14. The van der Waals surface area contributed by atoms with Crippen LogP contribution < -0.4 is 5.43 Å². The standard InChI is InChI=1S/C25H23N3O2/c1-18-22(16-26-27-25(30)24(29)20-12-6-3-7-13-20)21-14-8-9-15-23(21)28(18)17-19-10-4-2-5-11-19/h2-16,24,29H,17H2,1H3,(H,27,30)/b26-16-/t24-/m0/s1. The van der Waals surface area contributed by atoms with E-state index < -0.39 is 12.0 Å². The molecule has 1 heterocycles. The number of para-hydroxylation sites is 1. The first-order chi connectivity index (χ1) is 14.6. The predicted molar refractivity (Wildman–Crippen MR) is 119 cm³/mol. The zero-order valence-electron chi connectivity index (χ0n) is 16.7. The molecule has 0 bridgehead atoms. The number of rotatable bonds is 6. The third kappa shape index (κ3) is 4.02. The van der Waals surface area contributed by atoms with Crippen molar-refractivity contribution in [2.45, 2.75) is 19.6 Å². The summed E-state index contributed by atoms with van der Waals surface area (Å²) in [5.74, 6) is -0.567. The molecule has 1 amide bonds. The number of fused-ring (bicyclic) bond motifs is 1. The molecule has 0 spiro atoms. The van der Waals surface area contributed by atoms with Crippen molar-refractivity contribution in [1.82, 2.24) is 9.99 Å². The summed E-state index contributed by atoms with van der Waals surface area (Å²) in [7, 11) is 0. The molecule has 1 aromatic heterocycles. The van der Waals surface area contributed by atoms with E-state index >= 15 is 0 Å². The molecule has 1 atom stereocenters. The number of aliphatic hydroxyl groups is 1. The van der Waals surface area contributed by atoms with Crippen LogP contribution in [0.4, 0.5) is 0 Å². The lowest BCUT2D eigenvalue weighted by Gasteiger charge is -2.09. The van der Waals surface area contributed by atoms with Crippen molar-refractivity contribution in [2.75, 3.05) is 0 Å². The summed E-state index contributed by atoms with van der Waals surface area (Å²) in [5, 5.41) is 15.4. The van der Waals surface area contributed by atoms with Crippen molar-refractivity contribution in [3.63, 3.8) is 0 Å². The van der Waals surface area contributed by atoms with Crippen molar-refractivity contribution in [1.29, 1.82) is 0 Å². The fourth-order valence-corrected chi connectivity index (χ4v) is 3.60. The highest BCUT2D eigenvalue weighted by molar-refractivity contribution is 6.01. The van der Waals surface area contributed by atoms with E-state index in [1.165, 1.54) is 5.56 Å². The van der Waals surface area contributed by atoms with Gasteiger partial charge in [-0.15, -0.1) is 0 Å². The Morgan fingerprint density at radius 1 is 1.00 bits per heavy atom. The number of hydrogen-bond donors (Lipinski definition) is 2. The van der Waals surface area contributed by atoms with Crippen LogP contribution in [0.25, 0.3) is 10.9 Å². The molecule has 4 rings (SSSR count). The van der Waals surface area contributed by atoms with Crippen LogP contribution in [0, 0.1) is 6.92 Å². The minimum atomic E-state index is -1.26. The highest BCUT2D eigenvalue weighted by Gasteiger charge is 2.17. The van der Waals surface area contributed by atoms with Gasteiger partial charge in [-0.1, -0.05) is 78.9 Å². The maximum Gasteiger partial charge on any atom is 0.273 e. The SMILES string of the molecule is Cc1c(/C=N\NC(=O)[C@@H](O)c2ccccc2)c2ccccc2n1Cc1ccccc1. The zero-order valence-corrected chi connectivity index (χ0v) is 16.7. The second kappa shape index (κ2) is 8.76. The first-order valence-electron chi connectivity index (χ1n) is 9.83. The maximum atomic E-state index is 12.2. The molecule has 5 heteroatoms. The van der Waals surface area contributed by atoms with Gasteiger partial charge in [0.05, 0.1) is 6.21 Å². The average Bonchev–Trinajstić information content (AvgIpc) is 3.06. The molecule has 0 saturated heterocycles. The molecular formula is C25H23N3O2.